The summed E-state index contributed by atoms with van der Waals surface area (Å²) in [5.41, 5.74) is -0.0727. The van der Waals surface area contributed by atoms with E-state index >= 15 is 0 Å². The number of allylic oxidation sites excluding steroid dienone is 2. The zero-order chi connectivity index (χ0) is 19.7. The van der Waals surface area contributed by atoms with Gasteiger partial charge in [0.1, 0.15) is 46.5 Å². The first-order chi connectivity index (χ1) is 12.8. The Hall–Kier alpha value is -3.74. The average Bonchev–Trinajstić information content (AvgIpc) is 2.62. The van der Waals surface area contributed by atoms with E-state index in [1.165, 1.54) is 24.3 Å². The molecule has 0 radical (unpaired) electrons. The smallest absolute Gasteiger partial charge is 0.204 e. The molecule has 0 saturated heterocycles. The number of carbonyl (C=O) groups is 1. The number of fused-ring (bicyclic) bond motifs is 1. The Morgan fingerprint density at radius 2 is 1.81 bits per heavy atom. The first-order valence-electron chi connectivity index (χ1n) is 7.97. The van der Waals surface area contributed by atoms with E-state index in [1.807, 2.05) is 0 Å². The lowest BCUT2D eigenvalue weighted by molar-refractivity contribution is -0.104. The maximum absolute atomic E-state index is 12.9. The van der Waals surface area contributed by atoms with Gasteiger partial charge < -0.3 is 24.8 Å². The number of phenolic OH excluding ortho intramolecular Hbond substituents is 4. The van der Waals surface area contributed by atoms with Crippen LogP contribution in [-0.4, -0.2) is 26.7 Å². The van der Waals surface area contributed by atoms with Crippen LogP contribution in [0.3, 0.4) is 0 Å². The monoisotopic (exact) mass is 368 g/mol. The molecule has 4 N–H and O–H groups in total. The fraction of sp³-hybridized carbons (Fsp3) is 0.100. The SMILES string of the molecule is C/C(C=O)=C\Cc1c(O)cc2occ(-c3ccc(O)cc3O)c(=O)c2c1O. The maximum atomic E-state index is 12.9. The summed E-state index contributed by atoms with van der Waals surface area (Å²) in [6.07, 6.45) is 3.28. The van der Waals surface area contributed by atoms with Gasteiger partial charge in [-0.05, 0) is 31.1 Å². The van der Waals surface area contributed by atoms with E-state index in [9.17, 15) is 30.0 Å². The predicted octanol–water partition coefficient (Wildman–Crippen LogP) is 2.97. The van der Waals surface area contributed by atoms with Gasteiger partial charge in [0.15, 0.2) is 0 Å². The van der Waals surface area contributed by atoms with Crippen LogP contribution in [0.1, 0.15) is 12.5 Å². The molecule has 0 aliphatic carbocycles. The second-order valence-corrected chi connectivity index (χ2v) is 6.05. The first kappa shape index (κ1) is 18.1. The summed E-state index contributed by atoms with van der Waals surface area (Å²) in [6, 6.07) is 4.93. The summed E-state index contributed by atoms with van der Waals surface area (Å²) in [4.78, 5) is 23.6. The van der Waals surface area contributed by atoms with E-state index in [2.05, 4.69) is 0 Å². The minimum Gasteiger partial charge on any atom is -0.508 e. The van der Waals surface area contributed by atoms with Crippen LogP contribution in [0.15, 0.2) is 51.4 Å². The average molecular weight is 368 g/mol. The van der Waals surface area contributed by atoms with E-state index in [0.29, 0.717) is 11.9 Å². The van der Waals surface area contributed by atoms with Gasteiger partial charge in [-0.1, -0.05) is 6.08 Å². The summed E-state index contributed by atoms with van der Waals surface area (Å²) in [6.45, 7) is 1.57. The Kier molecular flexibility index (Phi) is 4.60. The molecule has 7 nitrogen and oxygen atoms in total. The van der Waals surface area contributed by atoms with E-state index in [4.69, 9.17) is 4.42 Å². The molecule has 2 aromatic carbocycles. The third-order valence-corrected chi connectivity index (χ3v) is 4.21. The van der Waals surface area contributed by atoms with Gasteiger partial charge in [0, 0.05) is 23.3 Å². The molecule has 138 valence electrons. The molecule has 0 fully saturated rings. The third kappa shape index (κ3) is 3.22. The highest BCUT2D eigenvalue weighted by atomic mass is 16.3. The Morgan fingerprint density at radius 3 is 2.48 bits per heavy atom. The number of carbonyl (C=O) groups excluding carboxylic acids is 1. The van der Waals surface area contributed by atoms with Gasteiger partial charge >= 0.3 is 0 Å². The second-order valence-electron chi connectivity index (χ2n) is 6.05. The lowest BCUT2D eigenvalue weighted by Crippen LogP contribution is -2.06. The number of aldehydes is 1. The van der Waals surface area contributed by atoms with Gasteiger partial charge in [-0.2, -0.15) is 0 Å². The van der Waals surface area contributed by atoms with Crippen molar-refractivity contribution in [3.05, 3.63) is 58.0 Å². The van der Waals surface area contributed by atoms with E-state index in [1.54, 1.807) is 6.92 Å². The zero-order valence-electron chi connectivity index (χ0n) is 14.3. The Bertz CT molecular complexity index is 1140. The van der Waals surface area contributed by atoms with Crippen molar-refractivity contribution in [2.45, 2.75) is 13.3 Å². The van der Waals surface area contributed by atoms with Crippen molar-refractivity contribution in [1.82, 2.24) is 0 Å². The summed E-state index contributed by atoms with van der Waals surface area (Å²) < 4.78 is 5.36. The summed E-state index contributed by atoms with van der Waals surface area (Å²) in [5.74, 6) is -1.24. The first-order valence-corrected chi connectivity index (χ1v) is 7.97. The number of phenols is 4. The number of aromatic hydroxyl groups is 4. The van der Waals surface area contributed by atoms with Gasteiger partial charge in [-0.3, -0.25) is 9.59 Å². The molecule has 0 atom stereocenters. The molecule has 3 rings (SSSR count). The van der Waals surface area contributed by atoms with Gasteiger partial charge in [0.25, 0.3) is 0 Å². The molecule has 7 heteroatoms. The molecule has 1 aromatic heterocycles. The van der Waals surface area contributed by atoms with Crippen molar-refractivity contribution in [2.75, 3.05) is 0 Å². The minimum atomic E-state index is -0.618. The van der Waals surface area contributed by atoms with Crippen LogP contribution in [0.5, 0.6) is 23.0 Å². The van der Waals surface area contributed by atoms with Crippen molar-refractivity contribution < 1.29 is 29.6 Å². The fourth-order valence-electron chi connectivity index (χ4n) is 2.74. The van der Waals surface area contributed by atoms with Gasteiger partial charge in [0.05, 0.1) is 5.56 Å². The summed E-state index contributed by atoms with van der Waals surface area (Å²) >= 11 is 0. The second kappa shape index (κ2) is 6.87. The molecule has 0 spiro atoms. The Labute approximate surface area is 153 Å². The lowest BCUT2D eigenvalue weighted by Gasteiger charge is -2.10. The molecule has 1 heterocycles. The Balaban J connectivity index is 2.25. The van der Waals surface area contributed by atoms with E-state index < -0.39 is 11.2 Å². The van der Waals surface area contributed by atoms with Crippen LogP contribution >= 0.6 is 0 Å². The molecule has 0 aliphatic heterocycles. The normalized spacial score (nSPS) is 11.7. The number of hydrogen-bond acceptors (Lipinski definition) is 7. The van der Waals surface area contributed by atoms with Crippen molar-refractivity contribution in [3.63, 3.8) is 0 Å². The van der Waals surface area contributed by atoms with Crippen LogP contribution in [0.2, 0.25) is 0 Å². The van der Waals surface area contributed by atoms with Crippen molar-refractivity contribution in [3.8, 4) is 34.1 Å². The quantitative estimate of drug-likeness (QED) is 0.412. The van der Waals surface area contributed by atoms with Crippen LogP contribution in [-0.2, 0) is 11.2 Å². The molecule has 0 amide bonds. The molecule has 27 heavy (non-hydrogen) atoms. The van der Waals surface area contributed by atoms with E-state index in [0.717, 1.165) is 12.3 Å². The van der Waals surface area contributed by atoms with Crippen molar-refractivity contribution >= 4 is 17.3 Å². The van der Waals surface area contributed by atoms with Crippen LogP contribution in [0.25, 0.3) is 22.1 Å². The molecular formula is C20H16O7. The molecule has 0 saturated carbocycles. The summed E-state index contributed by atoms with van der Waals surface area (Å²) in [7, 11) is 0. The maximum Gasteiger partial charge on any atom is 0.204 e. The zero-order valence-corrected chi connectivity index (χ0v) is 14.3. The van der Waals surface area contributed by atoms with Crippen molar-refractivity contribution in [1.29, 1.82) is 0 Å². The molecular weight excluding hydrogens is 352 g/mol. The van der Waals surface area contributed by atoms with Crippen LogP contribution in [0.4, 0.5) is 0 Å². The topological polar surface area (TPSA) is 128 Å². The van der Waals surface area contributed by atoms with E-state index in [-0.39, 0.29) is 51.3 Å². The van der Waals surface area contributed by atoms with Crippen LogP contribution < -0.4 is 5.43 Å². The number of hydrogen-bond donors (Lipinski definition) is 4. The molecule has 0 unspecified atom stereocenters. The van der Waals surface area contributed by atoms with Gasteiger partial charge in [-0.25, -0.2) is 0 Å². The fourth-order valence-corrected chi connectivity index (χ4v) is 2.74. The van der Waals surface area contributed by atoms with Crippen LogP contribution in [0, 0.1) is 0 Å². The molecule has 3 aromatic rings. The lowest BCUT2D eigenvalue weighted by atomic mass is 10.0. The van der Waals surface area contributed by atoms with Crippen molar-refractivity contribution in [2.24, 2.45) is 0 Å². The minimum absolute atomic E-state index is 0.0217. The highest BCUT2D eigenvalue weighted by Gasteiger charge is 2.19. The number of benzene rings is 2. The standard InChI is InChI=1S/C20H16O7/c1-10(8-21)2-4-13-16(24)7-17-18(19(13)25)20(26)14(9-27-17)12-5-3-11(22)6-15(12)23/h2-3,5-9,22-25H,4H2,1H3/b10-2+. The Morgan fingerprint density at radius 1 is 1.07 bits per heavy atom. The van der Waals surface area contributed by atoms with Gasteiger partial charge in [0.2, 0.25) is 5.43 Å². The highest BCUT2D eigenvalue weighted by molar-refractivity contribution is 5.90. The predicted molar refractivity (Wildman–Crippen MR) is 98.1 cm³/mol. The molecule has 0 aliphatic rings. The largest absolute Gasteiger partial charge is 0.508 e. The number of rotatable bonds is 4. The molecule has 0 bridgehead atoms. The third-order valence-electron chi connectivity index (χ3n) is 4.21. The van der Waals surface area contributed by atoms with Gasteiger partial charge in [-0.15, -0.1) is 0 Å². The summed E-state index contributed by atoms with van der Waals surface area (Å²) in [5, 5.41) is 39.9. The highest BCUT2D eigenvalue weighted by Crippen LogP contribution is 2.37.